The summed E-state index contributed by atoms with van der Waals surface area (Å²) in [6.45, 7) is 16.1. The second kappa shape index (κ2) is 19.7. The molecule has 0 saturated carbocycles. The van der Waals surface area contributed by atoms with E-state index in [1.54, 1.807) is 40.2 Å². The topological polar surface area (TPSA) is 170 Å². The van der Waals surface area contributed by atoms with E-state index in [-0.39, 0.29) is 42.7 Å². The predicted octanol–water partition coefficient (Wildman–Crippen LogP) is 5.38. The minimum Gasteiger partial charge on any atom is -0.462 e. The third kappa shape index (κ3) is 9.64. The summed E-state index contributed by atoms with van der Waals surface area (Å²) in [6.07, 6.45) is 8.55. The van der Waals surface area contributed by atoms with Gasteiger partial charge >= 0.3 is 5.97 Å². The van der Waals surface area contributed by atoms with E-state index < -0.39 is 90.8 Å². The van der Waals surface area contributed by atoms with Crippen LogP contribution in [-0.2, 0) is 52.2 Å². The van der Waals surface area contributed by atoms with Crippen LogP contribution in [0, 0.1) is 23.7 Å². The van der Waals surface area contributed by atoms with Gasteiger partial charge < -0.3 is 62.7 Å². The first kappa shape index (κ1) is 47.6. The van der Waals surface area contributed by atoms with Gasteiger partial charge in [-0.2, -0.15) is 0 Å². The van der Waals surface area contributed by atoms with E-state index in [1.807, 2.05) is 32.1 Å². The standard InChI is InChI=1S/C48H72O14/c1-11-25(2)43-28(5)17-18-47(62-43)23-34-20-33(61-47)16-15-27(4)42(26(3)13-12-14-32-24-55-45-40(49)29(6)19-35(46(51)58-34)48(32,45)52)59-39-22-37(54-10)44(31(8)57-39)60-38-21-36(53-9)41(50)30(7)56-38/h12-15,17-19,25-26,28,30-31,33-45,49-50,52H,11,16,20-24H2,1-10H3/b13-12+,27-15+,32-14+/t25-,26?,28?,30-,31-,33?,34?,35?,36-,37-,38?,39?,40?,41+,42-,43-,44+,45+,47?,48-/m0/s1. The Morgan fingerprint density at radius 2 is 1.60 bits per heavy atom. The molecule has 1 aliphatic carbocycles. The number of hydrogen-bond donors (Lipinski definition) is 3. The van der Waals surface area contributed by atoms with Gasteiger partial charge in [-0.05, 0) is 62.8 Å². The van der Waals surface area contributed by atoms with Gasteiger partial charge in [0.15, 0.2) is 18.4 Å². The smallest absolute Gasteiger partial charge is 0.316 e. The van der Waals surface area contributed by atoms with Crippen molar-refractivity contribution in [2.75, 3.05) is 20.8 Å². The van der Waals surface area contributed by atoms with E-state index in [1.165, 1.54) is 0 Å². The van der Waals surface area contributed by atoms with Crippen molar-refractivity contribution >= 4 is 5.97 Å². The predicted molar refractivity (Wildman–Crippen MR) is 227 cm³/mol. The Kier molecular flexibility index (Phi) is 15.1. The second-order valence-corrected chi connectivity index (χ2v) is 19.0. The Morgan fingerprint density at radius 3 is 2.32 bits per heavy atom. The van der Waals surface area contributed by atoms with E-state index in [2.05, 4.69) is 39.8 Å². The molecule has 0 aromatic rings. The van der Waals surface area contributed by atoms with Crippen molar-refractivity contribution in [3.63, 3.8) is 0 Å². The first-order valence-corrected chi connectivity index (χ1v) is 22.9. The Balaban J connectivity index is 1.18. The van der Waals surface area contributed by atoms with Crippen molar-refractivity contribution in [1.29, 1.82) is 0 Å². The van der Waals surface area contributed by atoms with Crippen LogP contribution in [0.5, 0.6) is 0 Å². The molecule has 0 aromatic heterocycles. The Labute approximate surface area is 367 Å². The van der Waals surface area contributed by atoms with Gasteiger partial charge in [0.05, 0.1) is 49.3 Å². The lowest BCUT2D eigenvalue weighted by Gasteiger charge is -2.48. The normalized spacial score (nSPS) is 49.1. The van der Waals surface area contributed by atoms with Crippen LogP contribution in [0.1, 0.15) is 93.9 Å². The minimum absolute atomic E-state index is 0.0317. The summed E-state index contributed by atoms with van der Waals surface area (Å²) in [5, 5.41) is 34.2. The third-order valence-corrected chi connectivity index (χ3v) is 14.5. The second-order valence-electron chi connectivity index (χ2n) is 19.0. The molecule has 62 heavy (non-hydrogen) atoms. The average Bonchev–Trinajstić information content (AvgIpc) is 3.58. The molecule has 4 saturated heterocycles. The number of fused-ring (bicyclic) bond motifs is 2. The van der Waals surface area contributed by atoms with Crippen molar-refractivity contribution in [2.45, 2.75) is 191 Å². The molecule has 14 heteroatoms. The summed E-state index contributed by atoms with van der Waals surface area (Å²) in [6, 6.07) is 0. The molecule has 14 nitrogen and oxygen atoms in total. The summed E-state index contributed by atoms with van der Waals surface area (Å²) in [7, 11) is 3.22. The minimum atomic E-state index is -1.84. The molecule has 2 bridgehead atoms. The van der Waals surface area contributed by atoms with Crippen molar-refractivity contribution in [1.82, 2.24) is 0 Å². The molecule has 1 spiro atoms. The molecular weight excluding hydrogens is 801 g/mol. The van der Waals surface area contributed by atoms with Crippen LogP contribution in [0.3, 0.4) is 0 Å². The van der Waals surface area contributed by atoms with Crippen molar-refractivity contribution in [3.8, 4) is 0 Å². The van der Waals surface area contributed by atoms with Gasteiger partial charge in [0.1, 0.15) is 42.0 Å². The van der Waals surface area contributed by atoms with E-state index in [4.69, 9.17) is 47.4 Å². The fraction of sp³-hybridized carbons (Fsp3) is 0.771. The SMILES string of the molecule is CC[C@H](C)[C@@H]1OC2(C=CC1C)CC1CC(C/C=C(\C)[C@@H](OC3C[C@H](OC)[C@H](OC4C[C@H](OC)[C@H](O)[C@H](C)O4)[C@H](C)O3)C(C)/C=C/C=C3\CO[C@@H]4C(O)C(C)=CC(C(=O)O1)[C@@]34O)O2. The lowest BCUT2D eigenvalue weighted by molar-refractivity contribution is -0.318. The van der Waals surface area contributed by atoms with Crippen LogP contribution in [0.15, 0.2) is 59.3 Å². The molecular formula is C48H72O14. The monoisotopic (exact) mass is 872 g/mol. The zero-order valence-electron chi connectivity index (χ0n) is 38.2. The van der Waals surface area contributed by atoms with Gasteiger partial charge in [-0.25, -0.2) is 0 Å². The highest BCUT2D eigenvalue weighted by Crippen LogP contribution is 2.47. The lowest BCUT2D eigenvalue weighted by atomic mass is 9.71. The number of rotatable bonds is 8. The Bertz CT molecular complexity index is 1730. The molecule has 9 unspecified atom stereocenters. The van der Waals surface area contributed by atoms with Gasteiger partial charge in [0, 0.05) is 51.7 Å². The molecule has 0 aromatic carbocycles. The maximum absolute atomic E-state index is 14.3. The summed E-state index contributed by atoms with van der Waals surface area (Å²) in [4.78, 5) is 14.3. The van der Waals surface area contributed by atoms with Gasteiger partial charge in [-0.3, -0.25) is 4.79 Å². The lowest BCUT2D eigenvalue weighted by Crippen LogP contribution is -2.58. The highest BCUT2D eigenvalue weighted by atomic mass is 16.7. The number of hydrogen-bond acceptors (Lipinski definition) is 14. The number of esters is 1. The first-order chi connectivity index (χ1) is 29.5. The molecule has 20 atom stereocenters. The maximum Gasteiger partial charge on any atom is 0.316 e. The van der Waals surface area contributed by atoms with E-state index in [9.17, 15) is 20.1 Å². The van der Waals surface area contributed by atoms with E-state index in [0.29, 0.717) is 43.3 Å². The highest BCUT2D eigenvalue weighted by molar-refractivity contribution is 5.78. The molecule has 7 rings (SSSR count). The summed E-state index contributed by atoms with van der Waals surface area (Å²) in [5.41, 5.74) is 0.134. The maximum atomic E-state index is 14.3. The number of allylic oxidation sites excluding steroid dienone is 2. The fourth-order valence-corrected chi connectivity index (χ4v) is 10.6. The molecule has 348 valence electrons. The van der Waals surface area contributed by atoms with Gasteiger partial charge in [-0.1, -0.05) is 70.6 Å². The zero-order valence-corrected chi connectivity index (χ0v) is 38.2. The molecule has 7 aliphatic rings. The molecule has 6 heterocycles. The number of carbonyl (C=O) groups excluding carboxylic acids is 1. The quantitative estimate of drug-likeness (QED) is 0.210. The molecule has 4 fully saturated rings. The van der Waals surface area contributed by atoms with Crippen molar-refractivity contribution in [2.24, 2.45) is 23.7 Å². The van der Waals surface area contributed by atoms with E-state index >= 15 is 0 Å². The molecule has 0 amide bonds. The fourth-order valence-electron chi connectivity index (χ4n) is 10.6. The van der Waals surface area contributed by atoms with Crippen LogP contribution < -0.4 is 0 Å². The Hall–Kier alpha value is -2.31. The van der Waals surface area contributed by atoms with E-state index in [0.717, 1.165) is 12.0 Å². The van der Waals surface area contributed by atoms with Crippen molar-refractivity contribution in [3.05, 3.63) is 59.3 Å². The number of ether oxygens (including phenoxy) is 10. The van der Waals surface area contributed by atoms with Crippen LogP contribution in [0.2, 0.25) is 0 Å². The molecule has 0 radical (unpaired) electrons. The van der Waals surface area contributed by atoms with Crippen LogP contribution in [0.25, 0.3) is 0 Å². The van der Waals surface area contributed by atoms with Crippen LogP contribution >= 0.6 is 0 Å². The van der Waals surface area contributed by atoms with Crippen molar-refractivity contribution < 1.29 is 67.5 Å². The van der Waals surface area contributed by atoms with Crippen LogP contribution in [-0.4, -0.2) is 139 Å². The summed E-state index contributed by atoms with van der Waals surface area (Å²) < 4.78 is 63.7. The summed E-state index contributed by atoms with van der Waals surface area (Å²) >= 11 is 0. The largest absolute Gasteiger partial charge is 0.462 e. The van der Waals surface area contributed by atoms with Gasteiger partial charge in [-0.15, -0.1) is 0 Å². The average molecular weight is 873 g/mol. The van der Waals surface area contributed by atoms with Gasteiger partial charge in [0.25, 0.3) is 0 Å². The molecule has 6 aliphatic heterocycles. The highest BCUT2D eigenvalue weighted by Gasteiger charge is 2.60. The third-order valence-electron chi connectivity index (χ3n) is 14.5. The van der Waals surface area contributed by atoms with Gasteiger partial charge in [0.2, 0.25) is 0 Å². The summed E-state index contributed by atoms with van der Waals surface area (Å²) in [5.74, 6) is -2.56. The number of aliphatic hydroxyl groups excluding tert-OH is 2. The zero-order chi connectivity index (χ0) is 44.7. The Morgan fingerprint density at radius 1 is 0.887 bits per heavy atom. The number of methoxy groups -OCH3 is 2. The number of aliphatic hydroxyl groups is 3. The van der Waals surface area contributed by atoms with Crippen LogP contribution in [0.4, 0.5) is 0 Å². The number of carbonyl (C=O) groups is 1. The first-order valence-electron chi connectivity index (χ1n) is 22.9. The molecule has 3 N–H and O–H groups in total.